The first-order valence-electron chi connectivity index (χ1n) is 8.22. The third-order valence-electron chi connectivity index (χ3n) is 4.08. The van der Waals surface area contributed by atoms with E-state index in [1.54, 1.807) is 0 Å². The number of nitrogens with zero attached hydrogens (tertiary/aromatic N) is 2. The number of unbranched alkanes of at least 4 members (excludes halogenated alkanes) is 2. The van der Waals surface area contributed by atoms with E-state index in [4.69, 9.17) is 0 Å². The fourth-order valence-electron chi connectivity index (χ4n) is 2.71. The molecule has 19 heavy (non-hydrogen) atoms. The Morgan fingerprint density at radius 1 is 0.895 bits per heavy atom. The minimum Gasteiger partial charge on any atom is -0.317 e. The average molecular weight is 269 g/mol. The molecule has 1 saturated heterocycles. The molecule has 0 aromatic heterocycles. The zero-order valence-electron chi connectivity index (χ0n) is 13.7. The number of nitrogens with one attached hydrogen (secondary N) is 1. The van der Waals surface area contributed by atoms with Gasteiger partial charge in [0.05, 0.1) is 0 Å². The third-order valence-corrected chi connectivity index (χ3v) is 4.08. The van der Waals surface area contributed by atoms with Gasteiger partial charge in [0.2, 0.25) is 0 Å². The lowest BCUT2D eigenvalue weighted by Gasteiger charge is -2.42. The van der Waals surface area contributed by atoms with Crippen LogP contribution in [0, 0.1) is 0 Å². The van der Waals surface area contributed by atoms with Crippen LogP contribution in [0.3, 0.4) is 0 Å². The Morgan fingerprint density at radius 2 is 1.58 bits per heavy atom. The van der Waals surface area contributed by atoms with Crippen LogP contribution in [-0.4, -0.2) is 61.2 Å². The molecular formula is C16H35N3. The largest absolute Gasteiger partial charge is 0.317 e. The summed E-state index contributed by atoms with van der Waals surface area (Å²) < 4.78 is 0. The van der Waals surface area contributed by atoms with E-state index in [2.05, 4.69) is 42.8 Å². The first-order chi connectivity index (χ1) is 9.04. The van der Waals surface area contributed by atoms with Gasteiger partial charge in [-0.25, -0.2) is 0 Å². The molecule has 1 fully saturated rings. The molecular weight excluding hydrogens is 234 g/mol. The third kappa shape index (κ3) is 7.28. The van der Waals surface area contributed by atoms with Gasteiger partial charge in [-0.1, -0.05) is 13.3 Å². The first kappa shape index (κ1) is 16.9. The molecule has 0 atom stereocenters. The van der Waals surface area contributed by atoms with E-state index in [0.29, 0.717) is 5.54 Å². The lowest BCUT2D eigenvalue weighted by molar-refractivity contribution is 0.0616. The molecule has 0 saturated carbocycles. The van der Waals surface area contributed by atoms with Crippen molar-refractivity contribution in [2.24, 2.45) is 0 Å². The van der Waals surface area contributed by atoms with Crippen LogP contribution >= 0.6 is 0 Å². The van der Waals surface area contributed by atoms with Crippen molar-refractivity contribution in [3.8, 4) is 0 Å². The Labute approximate surface area is 120 Å². The molecule has 3 heteroatoms. The maximum absolute atomic E-state index is 3.48. The van der Waals surface area contributed by atoms with Crippen LogP contribution in [0.5, 0.6) is 0 Å². The van der Waals surface area contributed by atoms with Crippen LogP contribution in [0.1, 0.15) is 53.4 Å². The molecule has 114 valence electrons. The molecule has 0 bridgehead atoms. The number of rotatable bonds is 8. The molecule has 1 aliphatic heterocycles. The SMILES string of the molecule is CCCNCCCCCN1CCN(C(C)(C)C)CC1. The molecule has 0 aromatic rings. The zero-order valence-corrected chi connectivity index (χ0v) is 13.7. The zero-order chi connectivity index (χ0) is 14.1. The van der Waals surface area contributed by atoms with E-state index < -0.39 is 0 Å². The second-order valence-electron chi connectivity index (χ2n) is 6.81. The van der Waals surface area contributed by atoms with Crippen molar-refractivity contribution < 1.29 is 0 Å². The standard InChI is InChI=1S/C16H35N3/c1-5-9-17-10-7-6-8-11-18-12-14-19(15-13-18)16(2,3)4/h17H,5-15H2,1-4H3. The van der Waals surface area contributed by atoms with Crippen molar-refractivity contribution >= 4 is 0 Å². The molecule has 0 amide bonds. The molecule has 0 spiro atoms. The highest BCUT2D eigenvalue weighted by Crippen LogP contribution is 2.15. The lowest BCUT2D eigenvalue weighted by atomic mass is 10.0. The van der Waals surface area contributed by atoms with Gasteiger partial charge >= 0.3 is 0 Å². The molecule has 0 aromatic carbocycles. The molecule has 1 heterocycles. The first-order valence-corrected chi connectivity index (χ1v) is 8.22. The maximum Gasteiger partial charge on any atom is 0.0126 e. The van der Waals surface area contributed by atoms with Crippen LogP contribution in [0.2, 0.25) is 0 Å². The van der Waals surface area contributed by atoms with Gasteiger partial charge < -0.3 is 10.2 Å². The Morgan fingerprint density at radius 3 is 2.16 bits per heavy atom. The molecule has 1 N–H and O–H groups in total. The van der Waals surface area contributed by atoms with Gasteiger partial charge in [-0.05, 0) is 59.7 Å². The molecule has 0 unspecified atom stereocenters. The normalized spacial score (nSPS) is 18.9. The molecule has 0 aliphatic carbocycles. The van der Waals surface area contributed by atoms with Gasteiger partial charge in [0.15, 0.2) is 0 Å². The Hall–Kier alpha value is -0.120. The summed E-state index contributed by atoms with van der Waals surface area (Å²) in [6.07, 6.45) is 5.32. The summed E-state index contributed by atoms with van der Waals surface area (Å²) in [4.78, 5) is 5.25. The maximum atomic E-state index is 3.48. The molecule has 3 nitrogen and oxygen atoms in total. The summed E-state index contributed by atoms with van der Waals surface area (Å²) in [5, 5.41) is 3.48. The predicted octanol–water partition coefficient (Wildman–Crippen LogP) is 2.57. The molecule has 0 radical (unpaired) electrons. The summed E-state index contributed by atoms with van der Waals surface area (Å²) in [7, 11) is 0. The van der Waals surface area contributed by atoms with Gasteiger partial charge in [0.25, 0.3) is 0 Å². The van der Waals surface area contributed by atoms with Gasteiger partial charge in [-0.15, -0.1) is 0 Å². The lowest BCUT2D eigenvalue weighted by Crippen LogP contribution is -2.53. The Balaban J connectivity index is 1.98. The van der Waals surface area contributed by atoms with E-state index in [-0.39, 0.29) is 0 Å². The number of hydrogen-bond acceptors (Lipinski definition) is 3. The van der Waals surface area contributed by atoms with E-state index in [1.165, 1.54) is 71.5 Å². The highest BCUT2D eigenvalue weighted by molar-refractivity contribution is 4.81. The van der Waals surface area contributed by atoms with Crippen LogP contribution in [-0.2, 0) is 0 Å². The van der Waals surface area contributed by atoms with E-state index in [0.717, 1.165) is 0 Å². The second kappa shape index (κ2) is 8.93. The van der Waals surface area contributed by atoms with Crippen molar-refractivity contribution in [1.82, 2.24) is 15.1 Å². The highest BCUT2D eigenvalue weighted by Gasteiger charge is 2.25. The van der Waals surface area contributed by atoms with Gasteiger partial charge in [0.1, 0.15) is 0 Å². The van der Waals surface area contributed by atoms with Gasteiger partial charge in [0, 0.05) is 31.7 Å². The monoisotopic (exact) mass is 269 g/mol. The average Bonchev–Trinajstić information content (AvgIpc) is 2.37. The second-order valence-corrected chi connectivity index (χ2v) is 6.81. The van der Waals surface area contributed by atoms with Crippen molar-refractivity contribution in [2.75, 3.05) is 45.8 Å². The Bertz CT molecular complexity index is 215. The fraction of sp³-hybridized carbons (Fsp3) is 1.00. The fourth-order valence-corrected chi connectivity index (χ4v) is 2.71. The topological polar surface area (TPSA) is 18.5 Å². The van der Waals surface area contributed by atoms with Crippen LogP contribution in [0.25, 0.3) is 0 Å². The molecule has 1 aliphatic rings. The van der Waals surface area contributed by atoms with E-state index in [9.17, 15) is 0 Å². The van der Waals surface area contributed by atoms with Gasteiger partial charge in [-0.3, -0.25) is 4.90 Å². The molecule has 1 rings (SSSR count). The number of hydrogen-bond donors (Lipinski definition) is 1. The summed E-state index contributed by atoms with van der Waals surface area (Å²) in [6.45, 7) is 17.9. The summed E-state index contributed by atoms with van der Waals surface area (Å²) in [6, 6.07) is 0. The predicted molar refractivity (Wildman–Crippen MR) is 84.8 cm³/mol. The summed E-state index contributed by atoms with van der Waals surface area (Å²) in [5.41, 5.74) is 0.344. The Kier molecular flexibility index (Phi) is 7.96. The quantitative estimate of drug-likeness (QED) is 0.683. The van der Waals surface area contributed by atoms with Crippen molar-refractivity contribution in [3.63, 3.8) is 0 Å². The smallest absolute Gasteiger partial charge is 0.0126 e. The summed E-state index contributed by atoms with van der Waals surface area (Å²) in [5.74, 6) is 0. The van der Waals surface area contributed by atoms with E-state index in [1.807, 2.05) is 0 Å². The minimum absolute atomic E-state index is 0.344. The minimum atomic E-state index is 0.344. The van der Waals surface area contributed by atoms with Crippen molar-refractivity contribution in [3.05, 3.63) is 0 Å². The van der Waals surface area contributed by atoms with E-state index >= 15 is 0 Å². The summed E-state index contributed by atoms with van der Waals surface area (Å²) >= 11 is 0. The van der Waals surface area contributed by atoms with Crippen molar-refractivity contribution in [1.29, 1.82) is 0 Å². The van der Waals surface area contributed by atoms with Crippen molar-refractivity contribution in [2.45, 2.75) is 58.9 Å². The van der Waals surface area contributed by atoms with Gasteiger partial charge in [-0.2, -0.15) is 0 Å². The van der Waals surface area contributed by atoms with Crippen LogP contribution < -0.4 is 5.32 Å². The highest BCUT2D eigenvalue weighted by atomic mass is 15.3. The van der Waals surface area contributed by atoms with Crippen LogP contribution in [0.15, 0.2) is 0 Å². The van der Waals surface area contributed by atoms with Crippen LogP contribution in [0.4, 0.5) is 0 Å². The number of piperazine rings is 1.